The Bertz CT molecular complexity index is 487. The van der Waals surface area contributed by atoms with Crippen LogP contribution < -0.4 is 15.4 Å². The first-order chi connectivity index (χ1) is 10.2. The molecule has 1 aromatic rings. The van der Waals surface area contributed by atoms with E-state index in [4.69, 9.17) is 4.74 Å². The van der Waals surface area contributed by atoms with Gasteiger partial charge in [0.25, 0.3) is 0 Å². The number of aliphatic hydroxyl groups is 1. The fourth-order valence-electron chi connectivity index (χ4n) is 3.23. The number of rotatable bonds is 4. The lowest BCUT2D eigenvalue weighted by molar-refractivity contribution is 0.160. The van der Waals surface area contributed by atoms with E-state index in [1.54, 1.807) is 0 Å². The molecule has 0 aromatic heterocycles. The quantitative estimate of drug-likeness (QED) is 0.788. The molecule has 5 heteroatoms. The Morgan fingerprint density at radius 1 is 1.33 bits per heavy atom. The van der Waals surface area contributed by atoms with Crippen molar-refractivity contribution < 1.29 is 14.6 Å². The third kappa shape index (κ3) is 3.13. The molecule has 1 aliphatic carbocycles. The lowest BCUT2D eigenvalue weighted by Gasteiger charge is -2.28. The van der Waals surface area contributed by atoms with Gasteiger partial charge < -0.3 is 20.5 Å². The van der Waals surface area contributed by atoms with Crippen LogP contribution in [-0.2, 0) is 6.42 Å². The average Bonchev–Trinajstić information content (AvgIpc) is 3.11. The molecule has 1 aromatic carbocycles. The van der Waals surface area contributed by atoms with Crippen molar-refractivity contribution in [3.05, 3.63) is 29.8 Å². The van der Waals surface area contributed by atoms with E-state index in [-0.39, 0.29) is 18.7 Å². The molecule has 5 nitrogen and oxygen atoms in total. The van der Waals surface area contributed by atoms with Gasteiger partial charge in [-0.1, -0.05) is 31.0 Å². The highest BCUT2D eigenvalue weighted by Crippen LogP contribution is 2.29. The summed E-state index contributed by atoms with van der Waals surface area (Å²) in [6.07, 6.45) is 4.62. The van der Waals surface area contributed by atoms with Crippen LogP contribution in [0.2, 0.25) is 0 Å². The lowest BCUT2D eigenvalue weighted by Crippen LogP contribution is -2.54. The Morgan fingerprint density at radius 3 is 2.81 bits per heavy atom. The molecule has 1 atom stereocenters. The first kappa shape index (κ1) is 14.2. The van der Waals surface area contributed by atoms with Crippen molar-refractivity contribution in [3.8, 4) is 5.75 Å². The standard InChI is InChI=1S/C16H22N2O3/c19-11-16(7-3-4-8-16)18-15(20)17-10-13-9-12-5-1-2-6-14(12)21-13/h1-2,5-6,13,19H,3-4,7-11H2,(H2,17,18,20). The second-order valence-electron chi connectivity index (χ2n) is 6.03. The van der Waals surface area contributed by atoms with Crippen LogP contribution in [0, 0.1) is 0 Å². The fourth-order valence-corrected chi connectivity index (χ4v) is 3.23. The summed E-state index contributed by atoms with van der Waals surface area (Å²) in [6.45, 7) is 0.480. The summed E-state index contributed by atoms with van der Waals surface area (Å²) in [5.41, 5.74) is 0.760. The Balaban J connectivity index is 1.47. The van der Waals surface area contributed by atoms with E-state index in [1.807, 2.05) is 18.2 Å². The largest absolute Gasteiger partial charge is 0.488 e. The number of benzene rings is 1. The van der Waals surface area contributed by atoms with Gasteiger partial charge in [0.1, 0.15) is 11.9 Å². The summed E-state index contributed by atoms with van der Waals surface area (Å²) in [5, 5.41) is 15.3. The Labute approximate surface area is 124 Å². The van der Waals surface area contributed by atoms with Gasteiger partial charge in [0.05, 0.1) is 18.7 Å². The van der Waals surface area contributed by atoms with Gasteiger partial charge in [0.15, 0.2) is 0 Å². The first-order valence-corrected chi connectivity index (χ1v) is 7.62. The van der Waals surface area contributed by atoms with Gasteiger partial charge in [-0.2, -0.15) is 0 Å². The molecule has 21 heavy (non-hydrogen) atoms. The van der Waals surface area contributed by atoms with E-state index in [1.165, 1.54) is 5.56 Å². The van der Waals surface area contributed by atoms with Crippen LogP contribution in [0.25, 0.3) is 0 Å². The molecule has 3 N–H and O–H groups in total. The summed E-state index contributed by atoms with van der Waals surface area (Å²) in [4.78, 5) is 12.0. The van der Waals surface area contributed by atoms with Crippen molar-refractivity contribution in [1.29, 1.82) is 0 Å². The van der Waals surface area contributed by atoms with Gasteiger partial charge >= 0.3 is 6.03 Å². The number of carbonyl (C=O) groups is 1. The average molecular weight is 290 g/mol. The summed E-state index contributed by atoms with van der Waals surface area (Å²) < 4.78 is 5.79. The number of carbonyl (C=O) groups excluding carboxylic acids is 1. The van der Waals surface area contributed by atoms with Crippen LogP contribution in [0.4, 0.5) is 4.79 Å². The van der Waals surface area contributed by atoms with Crippen molar-refractivity contribution in [2.75, 3.05) is 13.2 Å². The maximum Gasteiger partial charge on any atom is 0.315 e. The molecule has 1 heterocycles. The van der Waals surface area contributed by atoms with E-state index in [0.717, 1.165) is 37.9 Å². The van der Waals surface area contributed by atoms with Gasteiger partial charge in [-0.25, -0.2) is 4.79 Å². The van der Waals surface area contributed by atoms with Crippen molar-refractivity contribution >= 4 is 6.03 Å². The van der Waals surface area contributed by atoms with Gasteiger partial charge in [-0.05, 0) is 24.5 Å². The third-order valence-electron chi connectivity index (χ3n) is 4.45. The number of para-hydroxylation sites is 1. The molecule has 0 saturated heterocycles. The van der Waals surface area contributed by atoms with Crippen LogP contribution in [0.15, 0.2) is 24.3 Å². The topological polar surface area (TPSA) is 70.6 Å². The molecule has 3 rings (SSSR count). The number of aliphatic hydroxyl groups excluding tert-OH is 1. The monoisotopic (exact) mass is 290 g/mol. The highest BCUT2D eigenvalue weighted by molar-refractivity contribution is 5.75. The first-order valence-electron chi connectivity index (χ1n) is 7.62. The van der Waals surface area contributed by atoms with Gasteiger partial charge in [0, 0.05) is 6.42 Å². The summed E-state index contributed by atoms with van der Waals surface area (Å²) in [7, 11) is 0. The molecule has 0 spiro atoms. The van der Waals surface area contributed by atoms with Crippen molar-refractivity contribution in [2.45, 2.75) is 43.7 Å². The minimum Gasteiger partial charge on any atom is -0.488 e. The molecule has 2 aliphatic rings. The highest BCUT2D eigenvalue weighted by Gasteiger charge is 2.34. The van der Waals surface area contributed by atoms with Crippen molar-refractivity contribution in [3.63, 3.8) is 0 Å². The Kier molecular flexibility index (Phi) is 4.01. The number of hydrogen-bond acceptors (Lipinski definition) is 3. The summed E-state index contributed by atoms with van der Waals surface area (Å²) >= 11 is 0. The SMILES string of the molecule is O=C(NCC1Cc2ccccc2O1)NC1(CO)CCCC1. The number of ether oxygens (including phenoxy) is 1. The fraction of sp³-hybridized carbons (Fsp3) is 0.562. The zero-order valence-corrected chi connectivity index (χ0v) is 12.1. The van der Waals surface area contributed by atoms with Crippen LogP contribution in [0.1, 0.15) is 31.2 Å². The van der Waals surface area contributed by atoms with E-state index in [9.17, 15) is 9.90 Å². The molecule has 1 aliphatic heterocycles. The normalized spacial score (nSPS) is 22.4. The second kappa shape index (κ2) is 5.93. The van der Waals surface area contributed by atoms with E-state index in [0.29, 0.717) is 6.54 Å². The minimum atomic E-state index is -0.427. The lowest BCUT2D eigenvalue weighted by atomic mass is 9.99. The zero-order valence-electron chi connectivity index (χ0n) is 12.1. The van der Waals surface area contributed by atoms with Gasteiger partial charge in [-0.3, -0.25) is 0 Å². The van der Waals surface area contributed by atoms with E-state index in [2.05, 4.69) is 16.7 Å². The summed E-state index contributed by atoms with van der Waals surface area (Å²) in [6, 6.07) is 7.73. The molecular weight excluding hydrogens is 268 g/mol. The number of urea groups is 1. The molecule has 0 radical (unpaired) electrons. The van der Waals surface area contributed by atoms with Crippen LogP contribution in [0.3, 0.4) is 0 Å². The van der Waals surface area contributed by atoms with Gasteiger partial charge in [-0.15, -0.1) is 0 Å². The Hall–Kier alpha value is -1.75. The summed E-state index contributed by atoms with van der Waals surface area (Å²) in [5.74, 6) is 0.910. The molecule has 1 unspecified atom stereocenters. The molecule has 1 fully saturated rings. The van der Waals surface area contributed by atoms with Crippen LogP contribution in [-0.4, -0.2) is 35.9 Å². The molecule has 114 valence electrons. The van der Waals surface area contributed by atoms with Gasteiger partial charge in [0.2, 0.25) is 0 Å². The Morgan fingerprint density at radius 2 is 2.10 bits per heavy atom. The van der Waals surface area contributed by atoms with E-state index >= 15 is 0 Å². The zero-order chi connectivity index (χ0) is 14.7. The molecule has 0 bridgehead atoms. The smallest absolute Gasteiger partial charge is 0.315 e. The predicted octanol–water partition coefficient (Wildman–Crippen LogP) is 1.59. The van der Waals surface area contributed by atoms with Crippen LogP contribution >= 0.6 is 0 Å². The molecule has 2 amide bonds. The number of fused-ring (bicyclic) bond motifs is 1. The second-order valence-corrected chi connectivity index (χ2v) is 6.03. The molecule has 1 saturated carbocycles. The number of nitrogens with one attached hydrogen (secondary N) is 2. The highest BCUT2D eigenvalue weighted by atomic mass is 16.5. The number of amides is 2. The maximum absolute atomic E-state index is 12.0. The minimum absolute atomic E-state index is 0.00574. The maximum atomic E-state index is 12.0. The van der Waals surface area contributed by atoms with Crippen molar-refractivity contribution in [1.82, 2.24) is 10.6 Å². The molecular formula is C16H22N2O3. The number of hydrogen-bond donors (Lipinski definition) is 3. The van der Waals surface area contributed by atoms with E-state index < -0.39 is 5.54 Å². The third-order valence-corrected chi connectivity index (χ3v) is 4.45. The predicted molar refractivity (Wildman–Crippen MR) is 79.4 cm³/mol. The van der Waals surface area contributed by atoms with Crippen molar-refractivity contribution in [2.24, 2.45) is 0 Å². The van der Waals surface area contributed by atoms with Crippen LogP contribution in [0.5, 0.6) is 5.75 Å².